The fourth-order valence-electron chi connectivity index (χ4n) is 2.89. The molecule has 0 bridgehead atoms. The molecule has 0 amide bonds. The molecule has 21 heavy (non-hydrogen) atoms. The Kier molecular flexibility index (Phi) is 5.06. The van der Waals surface area contributed by atoms with Crippen molar-refractivity contribution < 1.29 is 9.13 Å². The van der Waals surface area contributed by atoms with E-state index in [1.165, 1.54) is 25.2 Å². The first-order valence-corrected chi connectivity index (χ1v) is 7.87. The van der Waals surface area contributed by atoms with E-state index in [0.717, 1.165) is 50.9 Å². The molecular weight excluding hydrogens is 269 g/mol. The van der Waals surface area contributed by atoms with E-state index in [1.54, 1.807) is 12.1 Å². The number of nitrogens with one attached hydrogen (secondary N) is 1. The fourth-order valence-corrected chi connectivity index (χ4v) is 2.89. The normalized spacial score (nSPS) is 21.2. The number of hydrogen-bond acceptors (Lipinski definition) is 4. The predicted molar refractivity (Wildman–Crippen MR) is 81.2 cm³/mol. The molecule has 2 aliphatic rings. The summed E-state index contributed by atoms with van der Waals surface area (Å²) in [6.07, 6.45) is 1.02. The minimum Gasteiger partial charge on any atom is -0.494 e. The van der Waals surface area contributed by atoms with Gasteiger partial charge in [0.15, 0.2) is 0 Å². The molecule has 2 saturated heterocycles. The molecule has 0 unspecified atom stereocenters. The zero-order valence-electron chi connectivity index (χ0n) is 12.4. The van der Waals surface area contributed by atoms with Gasteiger partial charge in [0.2, 0.25) is 0 Å². The van der Waals surface area contributed by atoms with Gasteiger partial charge in [-0.2, -0.15) is 0 Å². The molecule has 5 heteroatoms. The Morgan fingerprint density at radius 3 is 2.43 bits per heavy atom. The van der Waals surface area contributed by atoms with Gasteiger partial charge in [0.05, 0.1) is 6.61 Å². The van der Waals surface area contributed by atoms with Crippen LogP contribution in [0.2, 0.25) is 0 Å². The van der Waals surface area contributed by atoms with Crippen LogP contribution < -0.4 is 10.1 Å². The summed E-state index contributed by atoms with van der Waals surface area (Å²) in [7, 11) is 0. The minimum absolute atomic E-state index is 0.220. The second kappa shape index (κ2) is 7.20. The van der Waals surface area contributed by atoms with Crippen molar-refractivity contribution >= 4 is 0 Å². The first-order chi connectivity index (χ1) is 10.3. The van der Waals surface area contributed by atoms with Crippen LogP contribution in [0.5, 0.6) is 5.75 Å². The highest BCUT2D eigenvalue weighted by atomic mass is 19.1. The van der Waals surface area contributed by atoms with Crippen molar-refractivity contribution in [3.63, 3.8) is 0 Å². The SMILES string of the molecule is Fc1ccc(OCCCN2CCN(C3CNC3)CC2)cc1. The summed E-state index contributed by atoms with van der Waals surface area (Å²) in [6.45, 7) is 8.78. The van der Waals surface area contributed by atoms with Crippen LogP contribution in [-0.4, -0.2) is 68.3 Å². The number of benzene rings is 1. The highest BCUT2D eigenvalue weighted by Gasteiger charge is 2.27. The third kappa shape index (κ3) is 4.15. The zero-order valence-corrected chi connectivity index (χ0v) is 12.4. The lowest BCUT2D eigenvalue weighted by molar-refractivity contribution is 0.0704. The molecular formula is C16H24FN3O. The van der Waals surface area contributed by atoms with Gasteiger partial charge < -0.3 is 15.0 Å². The van der Waals surface area contributed by atoms with Crippen LogP contribution in [-0.2, 0) is 0 Å². The highest BCUT2D eigenvalue weighted by molar-refractivity contribution is 5.21. The van der Waals surface area contributed by atoms with Gasteiger partial charge in [0, 0.05) is 51.9 Å². The number of hydrogen-bond donors (Lipinski definition) is 1. The van der Waals surface area contributed by atoms with Gasteiger partial charge in [-0.25, -0.2) is 4.39 Å². The molecule has 2 fully saturated rings. The van der Waals surface area contributed by atoms with Gasteiger partial charge in [0.1, 0.15) is 11.6 Å². The highest BCUT2D eigenvalue weighted by Crippen LogP contribution is 2.12. The number of ether oxygens (including phenoxy) is 1. The lowest BCUT2D eigenvalue weighted by atomic mass is 10.1. The van der Waals surface area contributed by atoms with Gasteiger partial charge in [-0.1, -0.05) is 0 Å². The standard InChI is InChI=1S/C16H24FN3O/c17-14-2-4-16(5-3-14)21-11-1-6-19-7-9-20(10-8-19)15-12-18-13-15/h2-5,15,18H,1,6-13H2. The van der Waals surface area contributed by atoms with E-state index in [-0.39, 0.29) is 5.82 Å². The van der Waals surface area contributed by atoms with Crippen LogP contribution in [0.25, 0.3) is 0 Å². The molecule has 4 nitrogen and oxygen atoms in total. The Morgan fingerprint density at radius 1 is 1.10 bits per heavy atom. The quantitative estimate of drug-likeness (QED) is 0.797. The Morgan fingerprint density at radius 2 is 1.81 bits per heavy atom. The zero-order chi connectivity index (χ0) is 14.5. The molecule has 0 atom stereocenters. The maximum atomic E-state index is 12.8. The third-order valence-electron chi connectivity index (χ3n) is 4.38. The monoisotopic (exact) mass is 293 g/mol. The molecule has 1 N–H and O–H groups in total. The molecule has 0 aliphatic carbocycles. The van der Waals surface area contributed by atoms with E-state index in [2.05, 4.69) is 15.1 Å². The summed E-state index contributed by atoms with van der Waals surface area (Å²) in [5, 5.41) is 3.34. The van der Waals surface area contributed by atoms with E-state index in [4.69, 9.17) is 4.74 Å². The second-order valence-electron chi connectivity index (χ2n) is 5.85. The molecule has 0 saturated carbocycles. The lowest BCUT2D eigenvalue weighted by Crippen LogP contribution is -2.61. The van der Waals surface area contributed by atoms with Gasteiger partial charge in [-0.05, 0) is 30.7 Å². The number of halogens is 1. The maximum absolute atomic E-state index is 12.8. The van der Waals surface area contributed by atoms with Crippen LogP contribution >= 0.6 is 0 Å². The van der Waals surface area contributed by atoms with E-state index >= 15 is 0 Å². The topological polar surface area (TPSA) is 27.7 Å². The summed E-state index contributed by atoms with van der Waals surface area (Å²) >= 11 is 0. The van der Waals surface area contributed by atoms with Gasteiger partial charge in [0.25, 0.3) is 0 Å². The Hall–Kier alpha value is -1.17. The van der Waals surface area contributed by atoms with Crippen molar-refractivity contribution in [2.75, 3.05) is 52.4 Å². The molecule has 116 valence electrons. The van der Waals surface area contributed by atoms with Crippen LogP contribution in [0.1, 0.15) is 6.42 Å². The Balaban J connectivity index is 1.28. The van der Waals surface area contributed by atoms with Crippen LogP contribution in [0, 0.1) is 5.82 Å². The molecule has 0 radical (unpaired) electrons. The molecule has 2 aliphatic heterocycles. The molecule has 2 heterocycles. The molecule has 1 aromatic rings. The maximum Gasteiger partial charge on any atom is 0.123 e. The Labute approximate surface area is 125 Å². The number of piperazine rings is 1. The van der Waals surface area contributed by atoms with E-state index in [9.17, 15) is 4.39 Å². The van der Waals surface area contributed by atoms with Crippen molar-refractivity contribution in [3.05, 3.63) is 30.1 Å². The van der Waals surface area contributed by atoms with Crippen LogP contribution in [0.15, 0.2) is 24.3 Å². The van der Waals surface area contributed by atoms with Gasteiger partial charge >= 0.3 is 0 Å². The first-order valence-electron chi connectivity index (χ1n) is 7.87. The van der Waals surface area contributed by atoms with Crippen molar-refractivity contribution in [3.8, 4) is 5.75 Å². The molecule has 0 aromatic heterocycles. The summed E-state index contributed by atoms with van der Waals surface area (Å²) in [4.78, 5) is 5.11. The lowest BCUT2D eigenvalue weighted by Gasteiger charge is -2.43. The van der Waals surface area contributed by atoms with Gasteiger partial charge in [-0.15, -0.1) is 0 Å². The fraction of sp³-hybridized carbons (Fsp3) is 0.625. The van der Waals surface area contributed by atoms with Crippen LogP contribution in [0.3, 0.4) is 0 Å². The smallest absolute Gasteiger partial charge is 0.123 e. The van der Waals surface area contributed by atoms with Crippen LogP contribution in [0.4, 0.5) is 4.39 Å². The minimum atomic E-state index is -0.220. The molecule has 0 spiro atoms. The second-order valence-corrected chi connectivity index (χ2v) is 5.85. The number of nitrogens with zero attached hydrogens (tertiary/aromatic N) is 2. The molecule has 1 aromatic carbocycles. The van der Waals surface area contributed by atoms with E-state index < -0.39 is 0 Å². The average Bonchev–Trinajstić information content (AvgIpc) is 2.45. The Bertz CT molecular complexity index is 428. The summed E-state index contributed by atoms with van der Waals surface area (Å²) in [6, 6.07) is 7.00. The van der Waals surface area contributed by atoms with Crippen molar-refractivity contribution in [1.29, 1.82) is 0 Å². The summed E-state index contributed by atoms with van der Waals surface area (Å²) < 4.78 is 18.4. The van der Waals surface area contributed by atoms with Crippen molar-refractivity contribution in [2.45, 2.75) is 12.5 Å². The van der Waals surface area contributed by atoms with E-state index in [1.807, 2.05) is 0 Å². The predicted octanol–water partition coefficient (Wildman–Crippen LogP) is 1.18. The largest absolute Gasteiger partial charge is 0.494 e. The van der Waals surface area contributed by atoms with Crippen molar-refractivity contribution in [2.24, 2.45) is 0 Å². The molecule has 3 rings (SSSR count). The average molecular weight is 293 g/mol. The summed E-state index contributed by atoms with van der Waals surface area (Å²) in [5.74, 6) is 0.528. The van der Waals surface area contributed by atoms with Gasteiger partial charge in [-0.3, -0.25) is 4.90 Å². The van der Waals surface area contributed by atoms with Crippen molar-refractivity contribution in [1.82, 2.24) is 15.1 Å². The van der Waals surface area contributed by atoms with E-state index in [0.29, 0.717) is 6.61 Å². The first kappa shape index (κ1) is 14.8. The number of rotatable bonds is 6. The summed E-state index contributed by atoms with van der Waals surface area (Å²) in [5.41, 5.74) is 0. The third-order valence-corrected chi connectivity index (χ3v) is 4.38.